The van der Waals surface area contributed by atoms with Crippen LogP contribution >= 0.6 is 24.0 Å². The summed E-state index contributed by atoms with van der Waals surface area (Å²) in [6, 6.07) is 0. The largest absolute Gasteiger partial charge is 0.330 e. The molecule has 2 heterocycles. The van der Waals surface area contributed by atoms with Gasteiger partial charge >= 0.3 is 5.69 Å². The van der Waals surface area contributed by atoms with E-state index in [1.54, 1.807) is 32.8 Å². The summed E-state index contributed by atoms with van der Waals surface area (Å²) in [7, 11) is 3.39. The Morgan fingerprint density at radius 1 is 1.40 bits per heavy atom. The lowest BCUT2D eigenvalue weighted by Crippen LogP contribution is -2.28. The van der Waals surface area contributed by atoms with E-state index in [2.05, 4.69) is 4.99 Å². The summed E-state index contributed by atoms with van der Waals surface area (Å²) in [6.07, 6.45) is 2.14. The van der Waals surface area contributed by atoms with E-state index in [9.17, 15) is 9.59 Å². The van der Waals surface area contributed by atoms with Crippen LogP contribution < -0.4 is 5.69 Å². The molecule has 0 atom stereocenters. The van der Waals surface area contributed by atoms with Crippen molar-refractivity contribution in [2.45, 2.75) is 26.2 Å². The Labute approximate surface area is 126 Å². The van der Waals surface area contributed by atoms with Crippen LogP contribution in [0.4, 0.5) is 5.82 Å². The number of thioether (sulfide) groups is 1. The van der Waals surface area contributed by atoms with E-state index in [0.29, 0.717) is 23.3 Å². The normalized spacial score (nSPS) is 13.2. The maximum absolute atomic E-state index is 11.9. The second kappa shape index (κ2) is 6.05. The fourth-order valence-electron chi connectivity index (χ4n) is 2.10. The predicted octanol–water partition coefficient (Wildman–Crippen LogP) is 2.14. The number of aromatic nitrogens is 2. The molecule has 0 radical (unpaired) electrons. The van der Waals surface area contributed by atoms with Gasteiger partial charge in [0.25, 0.3) is 0 Å². The van der Waals surface area contributed by atoms with Crippen molar-refractivity contribution in [3.05, 3.63) is 20.7 Å². The molecule has 0 aliphatic carbocycles. The summed E-state index contributed by atoms with van der Waals surface area (Å²) in [5.74, 6) is 1.75. The predicted molar refractivity (Wildman–Crippen MR) is 84.7 cm³/mol. The van der Waals surface area contributed by atoms with Crippen molar-refractivity contribution in [2.75, 3.05) is 5.75 Å². The number of hydrogen-bond donors (Lipinski definition) is 0. The standard InChI is InChI=1S/C13H17N3O2S2/c1-8(17)5-4-6-20-10-7-9-11(14-10)15(2)13(18)16(3)12(9)19/h4-7H2,1-3H3. The Balaban J connectivity index is 2.14. The minimum Gasteiger partial charge on any atom is -0.300 e. The number of Topliss-reactive ketones (excluding diaryl/α,β-unsaturated/α-hetero) is 1. The molecule has 0 saturated heterocycles. The van der Waals surface area contributed by atoms with Gasteiger partial charge in [0.1, 0.15) is 16.2 Å². The SMILES string of the molecule is CC(=O)CCCSC1=Nc2c(c(=S)n(C)c(=O)n2C)C1. The highest BCUT2D eigenvalue weighted by atomic mass is 32.2. The summed E-state index contributed by atoms with van der Waals surface area (Å²) in [5.41, 5.74) is 0.791. The van der Waals surface area contributed by atoms with Crippen LogP contribution in [0.25, 0.3) is 0 Å². The molecule has 0 unspecified atom stereocenters. The van der Waals surface area contributed by atoms with E-state index < -0.39 is 0 Å². The monoisotopic (exact) mass is 311 g/mol. The van der Waals surface area contributed by atoms with Crippen LogP contribution in [0.3, 0.4) is 0 Å². The summed E-state index contributed by atoms with van der Waals surface area (Å²) in [5, 5.41) is 0.968. The third kappa shape index (κ3) is 2.93. The molecular weight excluding hydrogens is 294 g/mol. The molecule has 1 aliphatic rings. The molecule has 1 aromatic rings. The average Bonchev–Trinajstić information content (AvgIpc) is 2.83. The Bertz CT molecular complexity index is 701. The van der Waals surface area contributed by atoms with Crippen molar-refractivity contribution in [1.29, 1.82) is 0 Å². The molecule has 20 heavy (non-hydrogen) atoms. The van der Waals surface area contributed by atoms with Gasteiger partial charge in [0.05, 0.1) is 5.04 Å². The molecule has 0 aromatic carbocycles. The van der Waals surface area contributed by atoms with Gasteiger partial charge in [-0.1, -0.05) is 12.2 Å². The smallest absolute Gasteiger partial charge is 0.300 e. The lowest BCUT2D eigenvalue weighted by molar-refractivity contribution is -0.117. The third-order valence-corrected chi connectivity index (χ3v) is 4.81. The van der Waals surface area contributed by atoms with Gasteiger partial charge in [-0.3, -0.25) is 9.13 Å². The molecule has 1 aliphatic heterocycles. The lowest BCUT2D eigenvalue weighted by Gasteiger charge is -2.07. The molecular formula is C13H17N3O2S2. The number of carbonyl (C=O) groups excluding carboxylic acids is 1. The second-order valence-electron chi connectivity index (χ2n) is 4.84. The number of fused-ring (bicyclic) bond motifs is 1. The lowest BCUT2D eigenvalue weighted by atomic mass is 10.2. The first-order valence-corrected chi connectivity index (χ1v) is 7.80. The summed E-state index contributed by atoms with van der Waals surface area (Å²) >= 11 is 6.95. The Morgan fingerprint density at radius 2 is 2.10 bits per heavy atom. The van der Waals surface area contributed by atoms with Gasteiger partial charge in [-0.05, 0) is 19.1 Å². The zero-order valence-corrected chi connectivity index (χ0v) is 13.4. The minimum atomic E-state index is -0.152. The minimum absolute atomic E-state index is 0.152. The molecule has 0 amide bonds. The number of carbonyl (C=O) groups is 1. The topological polar surface area (TPSA) is 56.4 Å². The average molecular weight is 311 g/mol. The van der Waals surface area contributed by atoms with Crippen molar-refractivity contribution >= 4 is 40.6 Å². The summed E-state index contributed by atoms with van der Waals surface area (Å²) in [6.45, 7) is 1.60. The first kappa shape index (κ1) is 15.2. The maximum Gasteiger partial charge on any atom is 0.330 e. The van der Waals surface area contributed by atoms with E-state index >= 15 is 0 Å². The van der Waals surface area contributed by atoms with Gasteiger partial charge in [0.15, 0.2) is 0 Å². The zero-order valence-electron chi connectivity index (χ0n) is 11.8. The third-order valence-electron chi connectivity index (χ3n) is 3.22. The van der Waals surface area contributed by atoms with Crippen LogP contribution in [0.2, 0.25) is 0 Å². The number of ketones is 1. The van der Waals surface area contributed by atoms with E-state index in [1.807, 2.05) is 0 Å². The molecule has 5 nitrogen and oxygen atoms in total. The highest BCUT2D eigenvalue weighted by molar-refractivity contribution is 8.14. The van der Waals surface area contributed by atoms with Gasteiger partial charge in [-0.25, -0.2) is 9.79 Å². The van der Waals surface area contributed by atoms with E-state index in [0.717, 1.165) is 22.8 Å². The molecule has 7 heteroatoms. The van der Waals surface area contributed by atoms with Gasteiger partial charge in [0, 0.05) is 32.5 Å². The molecule has 0 saturated carbocycles. The molecule has 0 fully saturated rings. The Kier molecular flexibility index (Phi) is 4.59. The molecule has 0 spiro atoms. The van der Waals surface area contributed by atoms with Crippen molar-refractivity contribution in [1.82, 2.24) is 9.13 Å². The van der Waals surface area contributed by atoms with Crippen LogP contribution in [0.15, 0.2) is 9.79 Å². The van der Waals surface area contributed by atoms with Gasteiger partial charge < -0.3 is 4.79 Å². The van der Waals surface area contributed by atoms with Gasteiger partial charge in [0.2, 0.25) is 0 Å². The highest BCUT2D eigenvalue weighted by Crippen LogP contribution is 2.29. The Hall–Kier alpha value is -1.21. The molecule has 0 bridgehead atoms. The second-order valence-corrected chi connectivity index (χ2v) is 6.40. The fraction of sp³-hybridized carbons (Fsp3) is 0.538. The van der Waals surface area contributed by atoms with E-state index in [4.69, 9.17) is 12.2 Å². The quantitative estimate of drug-likeness (QED) is 0.631. The van der Waals surface area contributed by atoms with Crippen LogP contribution in [-0.4, -0.2) is 25.7 Å². The highest BCUT2D eigenvalue weighted by Gasteiger charge is 2.21. The molecule has 0 N–H and O–H groups in total. The summed E-state index contributed by atoms with van der Waals surface area (Å²) < 4.78 is 3.58. The van der Waals surface area contributed by atoms with Crippen LogP contribution in [0.1, 0.15) is 25.3 Å². The van der Waals surface area contributed by atoms with Crippen molar-refractivity contribution in [3.63, 3.8) is 0 Å². The molecule has 1 aromatic heterocycles. The van der Waals surface area contributed by atoms with Crippen molar-refractivity contribution in [3.8, 4) is 0 Å². The van der Waals surface area contributed by atoms with E-state index in [-0.39, 0.29) is 11.5 Å². The fourth-order valence-corrected chi connectivity index (χ4v) is 3.27. The summed E-state index contributed by atoms with van der Waals surface area (Å²) in [4.78, 5) is 27.3. The number of aliphatic imine (C=N–C) groups is 1. The van der Waals surface area contributed by atoms with Gasteiger partial charge in [-0.15, -0.1) is 11.8 Å². The Morgan fingerprint density at radius 3 is 2.75 bits per heavy atom. The number of hydrogen-bond acceptors (Lipinski definition) is 5. The van der Waals surface area contributed by atoms with Crippen molar-refractivity contribution in [2.24, 2.45) is 19.1 Å². The molecule has 2 rings (SSSR count). The first-order chi connectivity index (χ1) is 9.41. The zero-order chi connectivity index (χ0) is 14.9. The first-order valence-electron chi connectivity index (χ1n) is 6.40. The van der Waals surface area contributed by atoms with Crippen LogP contribution in [-0.2, 0) is 25.3 Å². The molecule has 108 valence electrons. The van der Waals surface area contributed by atoms with Gasteiger partial charge in [-0.2, -0.15) is 0 Å². The van der Waals surface area contributed by atoms with Crippen LogP contribution in [0, 0.1) is 4.64 Å². The number of nitrogens with zero attached hydrogens (tertiary/aromatic N) is 3. The van der Waals surface area contributed by atoms with Crippen molar-refractivity contribution < 1.29 is 4.79 Å². The van der Waals surface area contributed by atoms with E-state index in [1.165, 1.54) is 9.13 Å². The van der Waals surface area contributed by atoms with Crippen LogP contribution in [0.5, 0.6) is 0 Å². The maximum atomic E-state index is 11.9. The number of rotatable bonds is 4.